The number of carbonyl (C=O) groups is 2. The smallest absolute Gasteiger partial charge is 0.308 e. The van der Waals surface area contributed by atoms with E-state index in [1.807, 2.05) is 97.1 Å². The Morgan fingerprint density at radius 3 is 1.82 bits per heavy atom. The Labute approximate surface area is 165 Å². The second-order valence-corrected chi connectivity index (χ2v) is 6.50. The molecule has 0 aliphatic rings. The van der Waals surface area contributed by atoms with E-state index in [2.05, 4.69) is 0 Å². The molecule has 3 aromatic carbocycles. The van der Waals surface area contributed by atoms with Gasteiger partial charge >= 0.3 is 5.97 Å². The predicted octanol–water partition coefficient (Wildman–Crippen LogP) is 5.65. The number of allylic oxidation sites excluding steroid dienone is 1. The molecule has 0 bridgehead atoms. The monoisotopic (exact) mass is 370 g/mol. The summed E-state index contributed by atoms with van der Waals surface area (Å²) < 4.78 is 5.49. The average Bonchev–Trinajstić information content (AvgIpc) is 2.74. The summed E-state index contributed by atoms with van der Waals surface area (Å²) >= 11 is 0. The van der Waals surface area contributed by atoms with Gasteiger partial charge in [-0.2, -0.15) is 0 Å². The molecule has 3 aromatic rings. The highest BCUT2D eigenvalue weighted by molar-refractivity contribution is 5.96. The fourth-order valence-corrected chi connectivity index (χ4v) is 3.04. The van der Waals surface area contributed by atoms with Gasteiger partial charge in [-0.25, -0.2) is 0 Å². The first-order chi connectivity index (χ1) is 13.6. The van der Waals surface area contributed by atoms with Crippen LogP contribution in [0.3, 0.4) is 0 Å². The first-order valence-corrected chi connectivity index (χ1v) is 9.22. The van der Waals surface area contributed by atoms with Gasteiger partial charge in [-0.3, -0.25) is 9.59 Å². The molecule has 3 rings (SSSR count). The molecule has 1 unspecified atom stereocenters. The second kappa shape index (κ2) is 9.47. The molecule has 0 amide bonds. The van der Waals surface area contributed by atoms with Gasteiger partial charge in [0.15, 0.2) is 5.78 Å². The lowest BCUT2D eigenvalue weighted by molar-refractivity contribution is -0.134. The lowest BCUT2D eigenvalue weighted by atomic mass is 9.90. The van der Waals surface area contributed by atoms with Gasteiger partial charge in [-0.1, -0.05) is 91.0 Å². The summed E-state index contributed by atoms with van der Waals surface area (Å²) in [5.74, 6) is -0.108. The summed E-state index contributed by atoms with van der Waals surface area (Å²) in [5.41, 5.74) is 2.46. The zero-order chi connectivity index (χ0) is 19.8. The van der Waals surface area contributed by atoms with Crippen molar-refractivity contribution in [2.24, 2.45) is 0 Å². The molecule has 28 heavy (non-hydrogen) atoms. The van der Waals surface area contributed by atoms with Crippen LogP contribution in [0.2, 0.25) is 0 Å². The van der Waals surface area contributed by atoms with Crippen LogP contribution in [0.25, 0.3) is 5.76 Å². The van der Waals surface area contributed by atoms with E-state index in [4.69, 9.17) is 4.74 Å². The third-order valence-corrected chi connectivity index (χ3v) is 4.39. The van der Waals surface area contributed by atoms with Gasteiger partial charge < -0.3 is 4.74 Å². The van der Waals surface area contributed by atoms with Crippen LogP contribution in [-0.4, -0.2) is 11.8 Å². The van der Waals surface area contributed by atoms with Crippen LogP contribution in [0, 0.1) is 0 Å². The van der Waals surface area contributed by atoms with Crippen molar-refractivity contribution in [1.82, 2.24) is 0 Å². The van der Waals surface area contributed by atoms with E-state index in [1.165, 1.54) is 6.92 Å². The number of benzene rings is 3. The molecule has 0 aliphatic heterocycles. The third-order valence-electron chi connectivity index (χ3n) is 4.39. The summed E-state index contributed by atoms with van der Waals surface area (Å²) in [6.45, 7) is 1.38. The van der Waals surface area contributed by atoms with Crippen LogP contribution in [0.5, 0.6) is 0 Å². The van der Waals surface area contributed by atoms with E-state index >= 15 is 0 Å². The highest BCUT2D eigenvalue weighted by Gasteiger charge is 2.18. The molecule has 3 nitrogen and oxygen atoms in total. The Hall–Kier alpha value is -3.46. The predicted molar refractivity (Wildman–Crippen MR) is 111 cm³/mol. The normalized spacial score (nSPS) is 12.2. The first-order valence-electron chi connectivity index (χ1n) is 9.22. The molecule has 0 aromatic heterocycles. The summed E-state index contributed by atoms with van der Waals surface area (Å²) in [4.78, 5) is 24.5. The Kier molecular flexibility index (Phi) is 6.53. The van der Waals surface area contributed by atoms with Gasteiger partial charge in [0.2, 0.25) is 0 Å². The topological polar surface area (TPSA) is 43.4 Å². The molecule has 0 spiro atoms. The van der Waals surface area contributed by atoms with Crippen LogP contribution < -0.4 is 0 Å². The minimum Gasteiger partial charge on any atom is -0.426 e. The molecule has 3 heteroatoms. The van der Waals surface area contributed by atoms with E-state index in [9.17, 15) is 9.59 Å². The Balaban J connectivity index is 1.98. The maximum Gasteiger partial charge on any atom is 0.308 e. The van der Waals surface area contributed by atoms with E-state index in [0.717, 1.165) is 11.1 Å². The largest absolute Gasteiger partial charge is 0.426 e. The van der Waals surface area contributed by atoms with Gasteiger partial charge in [0.25, 0.3) is 0 Å². The SMILES string of the molecule is CC(=O)O/C(=C\C(CC(=O)c1ccccc1)c1ccccc1)c1ccccc1. The van der Waals surface area contributed by atoms with Crippen molar-refractivity contribution < 1.29 is 14.3 Å². The summed E-state index contributed by atoms with van der Waals surface area (Å²) in [7, 11) is 0. The fourth-order valence-electron chi connectivity index (χ4n) is 3.04. The summed E-state index contributed by atoms with van der Waals surface area (Å²) in [6.07, 6.45) is 2.15. The molecule has 0 saturated heterocycles. The van der Waals surface area contributed by atoms with Crippen molar-refractivity contribution in [3.8, 4) is 0 Å². The first kappa shape index (κ1) is 19.3. The van der Waals surface area contributed by atoms with E-state index < -0.39 is 5.97 Å². The Bertz CT molecular complexity index is 945. The number of rotatable bonds is 7. The number of Topliss-reactive ketones (excluding diaryl/α,β-unsaturated/α-hetero) is 1. The molecule has 1 atom stereocenters. The molecule has 0 N–H and O–H groups in total. The van der Waals surface area contributed by atoms with Crippen LogP contribution in [0.4, 0.5) is 0 Å². The van der Waals surface area contributed by atoms with Gasteiger partial charge in [0, 0.05) is 30.4 Å². The Morgan fingerprint density at radius 2 is 1.29 bits per heavy atom. The number of carbonyl (C=O) groups excluding carboxylic acids is 2. The zero-order valence-corrected chi connectivity index (χ0v) is 15.7. The van der Waals surface area contributed by atoms with Crippen LogP contribution >= 0.6 is 0 Å². The standard InChI is InChI=1S/C25H22O3/c1-19(26)28-25(22-15-9-4-10-16-22)18-23(20-11-5-2-6-12-20)17-24(27)21-13-7-3-8-14-21/h2-16,18,23H,17H2,1H3/b25-18-. The molecule has 0 fully saturated rings. The van der Waals surface area contributed by atoms with Gasteiger partial charge in [0.05, 0.1) is 0 Å². The van der Waals surface area contributed by atoms with Crippen LogP contribution in [-0.2, 0) is 9.53 Å². The van der Waals surface area contributed by atoms with Crippen LogP contribution in [0.15, 0.2) is 97.1 Å². The molecular formula is C25H22O3. The number of hydrogen-bond donors (Lipinski definition) is 0. The van der Waals surface area contributed by atoms with E-state index in [1.54, 1.807) is 0 Å². The van der Waals surface area contributed by atoms with Crippen molar-refractivity contribution >= 4 is 17.5 Å². The second-order valence-electron chi connectivity index (χ2n) is 6.50. The van der Waals surface area contributed by atoms with Crippen LogP contribution in [0.1, 0.15) is 40.7 Å². The maximum absolute atomic E-state index is 12.8. The molecular weight excluding hydrogens is 348 g/mol. The van der Waals surface area contributed by atoms with Crippen molar-refractivity contribution in [2.75, 3.05) is 0 Å². The number of ketones is 1. The lowest BCUT2D eigenvalue weighted by Crippen LogP contribution is -2.08. The molecule has 140 valence electrons. The van der Waals surface area contributed by atoms with Crippen molar-refractivity contribution in [1.29, 1.82) is 0 Å². The highest BCUT2D eigenvalue weighted by Crippen LogP contribution is 2.28. The van der Waals surface area contributed by atoms with Crippen molar-refractivity contribution in [2.45, 2.75) is 19.3 Å². The summed E-state index contributed by atoms with van der Waals surface area (Å²) in [6, 6.07) is 28.5. The fraction of sp³-hybridized carbons (Fsp3) is 0.120. The number of hydrogen-bond acceptors (Lipinski definition) is 3. The third kappa shape index (κ3) is 5.27. The van der Waals surface area contributed by atoms with Gasteiger partial charge in [-0.15, -0.1) is 0 Å². The minimum absolute atomic E-state index is 0.0425. The van der Waals surface area contributed by atoms with E-state index in [0.29, 0.717) is 11.3 Å². The molecule has 0 heterocycles. The maximum atomic E-state index is 12.8. The Morgan fingerprint density at radius 1 is 0.786 bits per heavy atom. The van der Waals surface area contributed by atoms with Crippen molar-refractivity contribution in [3.63, 3.8) is 0 Å². The number of ether oxygens (including phenoxy) is 1. The van der Waals surface area contributed by atoms with Crippen molar-refractivity contribution in [3.05, 3.63) is 114 Å². The van der Waals surface area contributed by atoms with Gasteiger partial charge in [-0.05, 0) is 11.6 Å². The lowest BCUT2D eigenvalue weighted by Gasteiger charge is -2.16. The molecule has 0 radical (unpaired) electrons. The molecule has 0 aliphatic carbocycles. The minimum atomic E-state index is -0.392. The zero-order valence-electron chi connectivity index (χ0n) is 15.7. The number of esters is 1. The quantitative estimate of drug-likeness (QED) is 0.307. The van der Waals surface area contributed by atoms with E-state index in [-0.39, 0.29) is 18.1 Å². The summed E-state index contributed by atoms with van der Waals surface area (Å²) in [5, 5.41) is 0. The average molecular weight is 370 g/mol. The highest BCUT2D eigenvalue weighted by atomic mass is 16.5. The molecule has 0 saturated carbocycles. The van der Waals surface area contributed by atoms with Gasteiger partial charge in [0.1, 0.15) is 5.76 Å².